The molecule has 1 nitrogen and oxygen atoms in total. The summed E-state index contributed by atoms with van der Waals surface area (Å²) in [4.78, 5) is 0. The molecule has 1 N–H and O–H groups in total. The molecule has 2 rings (SSSR count). The Labute approximate surface area is 109 Å². The van der Waals surface area contributed by atoms with Gasteiger partial charge in [-0.3, -0.25) is 0 Å². The highest BCUT2D eigenvalue weighted by Crippen LogP contribution is 2.21. The first-order valence-corrected chi connectivity index (χ1v) is 6.52. The van der Waals surface area contributed by atoms with E-state index in [-0.39, 0.29) is 0 Å². The van der Waals surface area contributed by atoms with Gasteiger partial charge in [0.2, 0.25) is 0 Å². The molecule has 0 fully saturated rings. The molecule has 0 aliphatic rings. The zero-order valence-electron chi connectivity index (χ0n) is 11.1. The molecule has 0 saturated heterocycles. The van der Waals surface area contributed by atoms with E-state index < -0.39 is 6.10 Å². The predicted molar refractivity (Wildman–Crippen MR) is 75.7 cm³/mol. The summed E-state index contributed by atoms with van der Waals surface area (Å²) in [6, 6.07) is 16.5. The second-order valence-corrected chi connectivity index (χ2v) is 4.75. The molecule has 94 valence electrons. The van der Waals surface area contributed by atoms with Gasteiger partial charge in [-0.15, -0.1) is 0 Å². The first-order chi connectivity index (χ1) is 8.70. The summed E-state index contributed by atoms with van der Waals surface area (Å²) < 4.78 is 0. The minimum atomic E-state index is -0.418. The molecule has 0 heterocycles. The second-order valence-electron chi connectivity index (χ2n) is 4.75. The molecule has 0 spiro atoms. The van der Waals surface area contributed by atoms with Crippen LogP contribution < -0.4 is 0 Å². The fourth-order valence-electron chi connectivity index (χ4n) is 2.20. The van der Waals surface area contributed by atoms with Gasteiger partial charge in [-0.05, 0) is 35.6 Å². The summed E-state index contributed by atoms with van der Waals surface area (Å²) in [5, 5.41) is 10.3. The topological polar surface area (TPSA) is 20.2 Å². The molecule has 0 aliphatic carbocycles. The van der Waals surface area contributed by atoms with E-state index in [0.717, 1.165) is 17.5 Å². The maximum Gasteiger partial charge on any atom is 0.0832 e. The zero-order chi connectivity index (χ0) is 13.0. The number of aryl methyl sites for hydroxylation is 2. The van der Waals surface area contributed by atoms with Crippen molar-refractivity contribution in [3.05, 3.63) is 70.8 Å². The highest BCUT2D eigenvalue weighted by Gasteiger charge is 2.10. The third kappa shape index (κ3) is 2.99. The van der Waals surface area contributed by atoms with Crippen LogP contribution in [0.25, 0.3) is 0 Å². The van der Waals surface area contributed by atoms with Gasteiger partial charge in [-0.25, -0.2) is 0 Å². The van der Waals surface area contributed by atoms with Crippen molar-refractivity contribution < 1.29 is 5.11 Å². The quantitative estimate of drug-likeness (QED) is 0.861. The van der Waals surface area contributed by atoms with Crippen molar-refractivity contribution in [3.8, 4) is 0 Å². The Morgan fingerprint density at radius 2 is 1.56 bits per heavy atom. The molecule has 0 bridgehead atoms. The Balaban J connectivity index is 2.11. The monoisotopic (exact) mass is 240 g/mol. The Kier molecular flexibility index (Phi) is 4.16. The van der Waals surface area contributed by atoms with E-state index in [0.29, 0.717) is 6.42 Å². The molecule has 2 aromatic rings. The SMILES string of the molecule is CCc1ccc(CC(O)c2ccccc2C)cc1. The largest absolute Gasteiger partial charge is 0.388 e. The second kappa shape index (κ2) is 5.83. The number of benzene rings is 2. The number of hydrogen-bond acceptors (Lipinski definition) is 1. The van der Waals surface area contributed by atoms with E-state index >= 15 is 0 Å². The minimum Gasteiger partial charge on any atom is -0.388 e. The maximum atomic E-state index is 10.3. The van der Waals surface area contributed by atoms with Crippen molar-refractivity contribution >= 4 is 0 Å². The molecule has 1 atom stereocenters. The van der Waals surface area contributed by atoms with Crippen LogP contribution >= 0.6 is 0 Å². The highest BCUT2D eigenvalue weighted by atomic mass is 16.3. The molecule has 1 unspecified atom stereocenters. The Morgan fingerprint density at radius 3 is 2.17 bits per heavy atom. The molecule has 0 aromatic heterocycles. The van der Waals surface area contributed by atoms with Gasteiger partial charge in [-0.2, -0.15) is 0 Å². The highest BCUT2D eigenvalue weighted by molar-refractivity contribution is 5.30. The summed E-state index contributed by atoms with van der Waals surface area (Å²) in [5.41, 5.74) is 4.69. The molecule has 18 heavy (non-hydrogen) atoms. The van der Waals surface area contributed by atoms with Crippen LogP contribution in [0.3, 0.4) is 0 Å². The van der Waals surface area contributed by atoms with Gasteiger partial charge in [0.1, 0.15) is 0 Å². The number of aliphatic hydroxyl groups excluding tert-OH is 1. The summed E-state index contributed by atoms with van der Waals surface area (Å²) in [5.74, 6) is 0. The fourth-order valence-corrected chi connectivity index (χ4v) is 2.20. The Hall–Kier alpha value is -1.60. The molecular formula is C17H20O. The van der Waals surface area contributed by atoms with Crippen LogP contribution in [0.4, 0.5) is 0 Å². The van der Waals surface area contributed by atoms with Gasteiger partial charge >= 0.3 is 0 Å². The van der Waals surface area contributed by atoms with E-state index in [1.54, 1.807) is 0 Å². The van der Waals surface area contributed by atoms with Crippen molar-refractivity contribution in [2.75, 3.05) is 0 Å². The molecule has 2 aromatic carbocycles. The van der Waals surface area contributed by atoms with Gasteiger partial charge in [0.15, 0.2) is 0 Å². The van der Waals surface area contributed by atoms with Crippen molar-refractivity contribution in [3.63, 3.8) is 0 Å². The van der Waals surface area contributed by atoms with Crippen LogP contribution in [0.5, 0.6) is 0 Å². The standard InChI is InChI=1S/C17H20O/c1-3-14-8-10-15(11-9-14)12-17(18)16-7-5-4-6-13(16)2/h4-11,17-18H,3,12H2,1-2H3. The molecule has 0 aliphatic heterocycles. The fraction of sp³-hybridized carbons (Fsp3) is 0.294. The maximum absolute atomic E-state index is 10.3. The van der Waals surface area contributed by atoms with Gasteiger partial charge in [-0.1, -0.05) is 55.5 Å². The van der Waals surface area contributed by atoms with Gasteiger partial charge < -0.3 is 5.11 Å². The third-order valence-electron chi connectivity index (χ3n) is 3.41. The lowest BCUT2D eigenvalue weighted by atomic mass is 9.97. The number of hydrogen-bond donors (Lipinski definition) is 1. The van der Waals surface area contributed by atoms with E-state index in [9.17, 15) is 5.11 Å². The summed E-state index contributed by atoms with van der Waals surface area (Å²) >= 11 is 0. The first kappa shape index (κ1) is 12.8. The minimum absolute atomic E-state index is 0.418. The van der Waals surface area contributed by atoms with E-state index in [4.69, 9.17) is 0 Å². The average Bonchev–Trinajstić information content (AvgIpc) is 2.40. The van der Waals surface area contributed by atoms with E-state index in [1.807, 2.05) is 31.2 Å². The molecule has 0 saturated carbocycles. The average molecular weight is 240 g/mol. The van der Waals surface area contributed by atoms with Crippen LogP contribution in [0, 0.1) is 6.92 Å². The molecule has 0 amide bonds. The van der Waals surface area contributed by atoms with Crippen molar-refractivity contribution in [1.29, 1.82) is 0 Å². The van der Waals surface area contributed by atoms with Gasteiger partial charge in [0, 0.05) is 6.42 Å². The number of aliphatic hydroxyl groups is 1. The first-order valence-electron chi connectivity index (χ1n) is 6.52. The predicted octanol–water partition coefficient (Wildman–Crippen LogP) is 3.83. The molecule has 1 heteroatoms. The summed E-state index contributed by atoms with van der Waals surface area (Å²) in [7, 11) is 0. The molecular weight excluding hydrogens is 220 g/mol. The lowest BCUT2D eigenvalue weighted by molar-refractivity contribution is 0.177. The van der Waals surface area contributed by atoms with Crippen LogP contribution in [-0.4, -0.2) is 5.11 Å². The smallest absolute Gasteiger partial charge is 0.0832 e. The Morgan fingerprint density at radius 1 is 0.944 bits per heavy atom. The zero-order valence-corrected chi connectivity index (χ0v) is 11.1. The van der Waals surface area contributed by atoms with Crippen LogP contribution in [-0.2, 0) is 12.8 Å². The van der Waals surface area contributed by atoms with Crippen molar-refractivity contribution in [2.24, 2.45) is 0 Å². The lowest BCUT2D eigenvalue weighted by Crippen LogP contribution is -2.03. The van der Waals surface area contributed by atoms with E-state index in [2.05, 4.69) is 31.2 Å². The van der Waals surface area contributed by atoms with Crippen LogP contribution in [0.15, 0.2) is 48.5 Å². The molecule has 0 radical (unpaired) electrons. The number of rotatable bonds is 4. The Bertz CT molecular complexity index is 499. The van der Waals surface area contributed by atoms with Crippen LogP contribution in [0.2, 0.25) is 0 Å². The van der Waals surface area contributed by atoms with Gasteiger partial charge in [0.05, 0.1) is 6.10 Å². The van der Waals surface area contributed by atoms with E-state index in [1.165, 1.54) is 11.1 Å². The normalized spacial score (nSPS) is 12.4. The third-order valence-corrected chi connectivity index (χ3v) is 3.41. The van der Waals surface area contributed by atoms with Crippen molar-refractivity contribution in [2.45, 2.75) is 32.8 Å². The van der Waals surface area contributed by atoms with Crippen LogP contribution in [0.1, 0.15) is 35.3 Å². The lowest BCUT2D eigenvalue weighted by Gasteiger charge is -2.14. The van der Waals surface area contributed by atoms with Crippen molar-refractivity contribution in [1.82, 2.24) is 0 Å². The summed E-state index contributed by atoms with van der Waals surface area (Å²) in [6.07, 6.45) is 1.31. The summed E-state index contributed by atoms with van der Waals surface area (Å²) in [6.45, 7) is 4.19. The van der Waals surface area contributed by atoms with Gasteiger partial charge in [0.25, 0.3) is 0 Å².